The van der Waals surface area contributed by atoms with Crippen LogP contribution < -0.4 is 4.90 Å². The van der Waals surface area contributed by atoms with Crippen molar-refractivity contribution >= 4 is 5.69 Å². The van der Waals surface area contributed by atoms with E-state index in [0.29, 0.717) is 12.2 Å². The molecule has 1 aromatic carbocycles. The highest BCUT2D eigenvalue weighted by Gasteiger charge is 2.24. The van der Waals surface area contributed by atoms with Crippen molar-refractivity contribution < 1.29 is 9.13 Å². The summed E-state index contributed by atoms with van der Waals surface area (Å²) < 4.78 is 18.7. The Morgan fingerprint density at radius 3 is 3.00 bits per heavy atom. The monoisotopic (exact) mass is 220 g/mol. The van der Waals surface area contributed by atoms with Gasteiger partial charge in [-0.25, -0.2) is 4.39 Å². The Hall–Kier alpha value is -1.60. The van der Waals surface area contributed by atoms with Gasteiger partial charge in [0.25, 0.3) is 0 Å². The van der Waals surface area contributed by atoms with Crippen molar-refractivity contribution in [3.63, 3.8) is 0 Å². The molecule has 1 aromatic rings. The fourth-order valence-corrected chi connectivity index (χ4v) is 2.03. The van der Waals surface area contributed by atoms with Gasteiger partial charge in [0, 0.05) is 20.2 Å². The average molecular weight is 220 g/mol. The van der Waals surface area contributed by atoms with E-state index in [1.807, 2.05) is 11.0 Å². The zero-order valence-electron chi connectivity index (χ0n) is 9.11. The Balaban J connectivity index is 2.28. The molecule has 0 aromatic heterocycles. The van der Waals surface area contributed by atoms with Gasteiger partial charge in [-0.15, -0.1) is 0 Å². The molecule has 1 unspecified atom stereocenters. The summed E-state index contributed by atoms with van der Waals surface area (Å²) in [6.07, 6.45) is 1.09. The lowest BCUT2D eigenvalue weighted by molar-refractivity contribution is 0.121. The number of hydrogen-bond donors (Lipinski definition) is 0. The summed E-state index contributed by atoms with van der Waals surface area (Å²) in [7, 11) is 1.67. The molecule has 1 aliphatic heterocycles. The molecule has 2 rings (SSSR count). The predicted octanol–water partition coefficient (Wildman–Crippen LogP) is 1.92. The minimum atomic E-state index is -0.458. The third kappa shape index (κ3) is 1.86. The number of ether oxygens (including phenoxy) is 1. The topological polar surface area (TPSA) is 36.3 Å². The van der Waals surface area contributed by atoms with E-state index in [2.05, 4.69) is 0 Å². The minimum Gasteiger partial charge on any atom is -0.380 e. The lowest BCUT2D eigenvalue weighted by atomic mass is 10.1. The first-order valence-corrected chi connectivity index (χ1v) is 5.22. The van der Waals surface area contributed by atoms with Crippen LogP contribution in [0.1, 0.15) is 12.0 Å². The smallest absolute Gasteiger partial charge is 0.143 e. The summed E-state index contributed by atoms with van der Waals surface area (Å²) in [6.45, 7) is 1.52. The SMILES string of the molecule is COC1CCN(c2cccc(F)c2C#N)C1. The van der Waals surface area contributed by atoms with Gasteiger partial charge in [0.1, 0.15) is 17.4 Å². The van der Waals surface area contributed by atoms with E-state index in [9.17, 15) is 4.39 Å². The molecule has 1 heterocycles. The maximum atomic E-state index is 13.4. The third-order valence-corrected chi connectivity index (χ3v) is 2.92. The normalized spacial score (nSPS) is 19.8. The van der Waals surface area contributed by atoms with E-state index in [4.69, 9.17) is 10.00 Å². The molecule has 1 aliphatic rings. The quantitative estimate of drug-likeness (QED) is 0.764. The molecule has 1 fully saturated rings. The summed E-state index contributed by atoms with van der Waals surface area (Å²) in [6, 6.07) is 6.64. The molecular weight excluding hydrogens is 207 g/mol. The minimum absolute atomic E-state index is 0.124. The average Bonchev–Trinajstić information content (AvgIpc) is 2.77. The highest BCUT2D eigenvalue weighted by atomic mass is 19.1. The maximum absolute atomic E-state index is 13.4. The number of methoxy groups -OCH3 is 1. The van der Waals surface area contributed by atoms with Gasteiger partial charge in [-0.05, 0) is 18.6 Å². The zero-order valence-corrected chi connectivity index (χ0v) is 9.11. The molecule has 0 saturated carbocycles. The van der Waals surface area contributed by atoms with Crippen LogP contribution in [0.15, 0.2) is 18.2 Å². The van der Waals surface area contributed by atoms with Gasteiger partial charge in [0.15, 0.2) is 0 Å². The second-order valence-corrected chi connectivity index (χ2v) is 3.84. The molecule has 0 radical (unpaired) electrons. The molecule has 0 spiro atoms. The highest BCUT2D eigenvalue weighted by molar-refractivity contribution is 5.60. The van der Waals surface area contributed by atoms with Crippen LogP contribution in [-0.4, -0.2) is 26.3 Å². The number of anilines is 1. The maximum Gasteiger partial charge on any atom is 0.143 e. The number of benzene rings is 1. The van der Waals surface area contributed by atoms with Crippen LogP contribution in [-0.2, 0) is 4.74 Å². The Morgan fingerprint density at radius 2 is 2.38 bits per heavy atom. The van der Waals surface area contributed by atoms with Crippen molar-refractivity contribution in [2.24, 2.45) is 0 Å². The fourth-order valence-electron chi connectivity index (χ4n) is 2.03. The summed E-state index contributed by atoms with van der Waals surface area (Å²) in [4.78, 5) is 2.00. The van der Waals surface area contributed by atoms with Gasteiger partial charge < -0.3 is 9.64 Å². The van der Waals surface area contributed by atoms with Gasteiger partial charge in [0.2, 0.25) is 0 Å². The number of nitriles is 1. The third-order valence-electron chi connectivity index (χ3n) is 2.92. The molecule has 1 atom stereocenters. The van der Waals surface area contributed by atoms with E-state index >= 15 is 0 Å². The van der Waals surface area contributed by atoms with Crippen LogP contribution in [0.25, 0.3) is 0 Å². The van der Waals surface area contributed by atoms with E-state index < -0.39 is 5.82 Å². The molecule has 0 amide bonds. The van der Waals surface area contributed by atoms with Crippen LogP contribution in [0.4, 0.5) is 10.1 Å². The van der Waals surface area contributed by atoms with Crippen molar-refractivity contribution in [3.8, 4) is 6.07 Å². The predicted molar refractivity (Wildman–Crippen MR) is 58.7 cm³/mol. The van der Waals surface area contributed by atoms with Crippen molar-refractivity contribution in [3.05, 3.63) is 29.6 Å². The lowest BCUT2D eigenvalue weighted by Crippen LogP contribution is -2.23. The number of hydrogen-bond acceptors (Lipinski definition) is 3. The van der Waals surface area contributed by atoms with E-state index in [1.54, 1.807) is 19.2 Å². The van der Waals surface area contributed by atoms with E-state index in [1.165, 1.54) is 6.07 Å². The molecule has 4 heteroatoms. The van der Waals surface area contributed by atoms with Gasteiger partial charge in [-0.1, -0.05) is 6.07 Å². The second kappa shape index (κ2) is 4.50. The zero-order chi connectivity index (χ0) is 11.5. The van der Waals surface area contributed by atoms with Crippen LogP contribution in [0.5, 0.6) is 0 Å². The number of nitrogens with zero attached hydrogens (tertiary/aromatic N) is 2. The number of halogens is 1. The molecule has 16 heavy (non-hydrogen) atoms. The van der Waals surface area contributed by atoms with Crippen molar-refractivity contribution in [1.29, 1.82) is 5.26 Å². The summed E-state index contributed by atoms with van der Waals surface area (Å²) in [5.41, 5.74) is 0.793. The Labute approximate surface area is 94.0 Å². The summed E-state index contributed by atoms with van der Waals surface area (Å²) in [5.74, 6) is -0.458. The largest absolute Gasteiger partial charge is 0.380 e. The first kappa shape index (κ1) is 10.9. The summed E-state index contributed by atoms with van der Waals surface area (Å²) >= 11 is 0. The van der Waals surface area contributed by atoms with Gasteiger partial charge in [0.05, 0.1) is 11.8 Å². The standard InChI is InChI=1S/C12H13FN2O/c1-16-9-5-6-15(8-9)12-4-2-3-11(13)10(12)7-14/h2-4,9H,5-6,8H2,1H3. The number of rotatable bonds is 2. The van der Waals surface area contributed by atoms with Crippen LogP contribution in [0, 0.1) is 17.1 Å². The van der Waals surface area contributed by atoms with Gasteiger partial charge in [-0.2, -0.15) is 5.26 Å². The molecule has 0 N–H and O–H groups in total. The Bertz CT molecular complexity index is 428. The molecule has 3 nitrogen and oxygen atoms in total. The fraction of sp³-hybridized carbons (Fsp3) is 0.417. The van der Waals surface area contributed by atoms with Crippen molar-refractivity contribution in [2.75, 3.05) is 25.1 Å². The lowest BCUT2D eigenvalue weighted by Gasteiger charge is -2.19. The van der Waals surface area contributed by atoms with Gasteiger partial charge >= 0.3 is 0 Å². The first-order chi connectivity index (χ1) is 7.76. The first-order valence-electron chi connectivity index (χ1n) is 5.22. The van der Waals surface area contributed by atoms with Crippen molar-refractivity contribution in [2.45, 2.75) is 12.5 Å². The van der Waals surface area contributed by atoms with Crippen LogP contribution in [0.3, 0.4) is 0 Å². The second-order valence-electron chi connectivity index (χ2n) is 3.84. The van der Waals surface area contributed by atoms with Crippen molar-refractivity contribution in [1.82, 2.24) is 0 Å². The molecule has 0 aliphatic carbocycles. The van der Waals surface area contributed by atoms with Gasteiger partial charge in [-0.3, -0.25) is 0 Å². The van der Waals surface area contributed by atoms with Crippen LogP contribution in [0.2, 0.25) is 0 Å². The Morgan fingerprint density at radius 1 is 1.56 bits per heavy atom. The van der Waals surface area contributed by atoms with E-state index in [-0.39, 0.29) is 11.7 Å². The van der Waals surface area contributed by atoms with Crippen LogP contribution >= 0.6 is 0 Å². The molecule has 1 saturated heterocycles. The Kier molecular flexibility index (Phi) is 3.07. The molecular formula is C12H13FN2O. The summed E-state index contributed by atoms with van der Waals surface area (Å²) in [5, 5.41) is 8.93. The molecule has 0 bridgehead atoms. The molecule has 84 valence electrons. The highest BCUT2D eigenvalue weighted by Crippen LogP contribution is 2.26. The van der Waals surface area contributed by atoms with E-state index in [0.717, 1.165) is 13.0 Å².